The van der Waals surface area contributed by atoms with Gasteiger partial charge >= 0.3 is 0 Å². The lowest BCUT2D eigenvalue weighted by atomic mass is 10.1. The SMILES string of the molecule is CC1=N[C@@H]2C=CC=CN2C1C(=O)C[NH+]1CCN(c2ccccc2)CC1. The van der Waals surface area contributed by atoms with Gasteiger partial charge in [0.1, 0.15) is 18.8 Å². The molecule has 5 heteroatoms. The van der Waals surface area contributed by atoms with Crippen LogP contribution in [-0.4, -0.2) is 61.3 Å². The summed E-state index contributed by atoms with van der Waals surface area (Å²) >= 11 is 0. The quantitative estimate of drug-likeness (QED) is 0.871. The standard InChI is InChI=1S/C20H24N4O/c1-16-20(24-10-6-5-9-19(24)21-16)18(25)15-22-11-13-23(14-12-22)17-7-3-2-4-8-17/h2-10,19-20H,11-15H2,1H3/p+1/t19-,20?/m0/s1. The highest BCUT2D eigenvalue weighted by atomic mass is 16.1. The monoisotopic (exact) mass is 337 g/mol. The molecule has 3 aliphatic heterocycles. The summed E-state index contributed by atoms with van der Waals surface area (Å²) in [5.41, 5.74) is 2.22. The largest absolute Gasteiger partial charge is 0.360 e. The molecular formula is C20H25N4O+. The smallest absolute Gasteiger partial charge is 0.214 e. The number of hydrogen-bond acceptors (Lipinski definition) is 4. The maximum absolute atomic E-state index is 12.9. The van der Waals surface area contributed by atoms with Gasteiger partial charge in [-0.3, -0.25) is 9.79 Å². The Morgan fingerprint density at radius 3 is 2.72 bits per heavy atom. The highest BCUT2D eigenvalue weighted by Gasteiger charge is 2.38. The van der Waals surface area contributed by atoms with Gasteiger partial charge in [-0.25, -0.2) is 0 Å². The van der Waals surface area contributed by atoms with Gasteiger partial charge in [0, 0.05) is 17.6 Å². The number of benzene rings is 1. The molecule has 0 bridgehead atoms. The minimum Gasteiger partial charge on any atom is -0.360 e. The molecule has 1 unspecified atom stereocenters. The first-order chi connectivity index (χ1) is 12.2. The van der Waals surface area contributed by atoms with Crippen molar-refractivity contribution in [3.8, 4) is 0 Å². The Bertz CT molecular complexity index is 716. The fourth-order valence-corrected chi connectivity index (χ4v) is 3.98. The zero-order valence-electron chi connectivity index (χ0n) is 14.6. The molecule has 3 heterocycles. The van der Waals surface area contributed by atoms with Gasteiger partial charge in [0.05, 0.1) is 26.2 Å². The van der Waals surface area contributed by atoms with E-state index >= 15 is 0 Å². The number of piperazine rings is 1. The topological polar surface area (TPSA) is 40.4 Å². The lowest BCUT2D eigenvalue weighted by Gasteiger charge is -2.34. The summed E-state index contributed by atoms with van der Waals surface area (Å²) in [6, 6.07) is 10.3. The number of rotatable bonds is 4. The van der Waals surface area contributed by atoms with Crippen LogP contribution >= 0.6 is 0 Å². The Hall–Kier alpha value is -2.40. The fraction of sp³-hybridized carbons (Fsp3) is 0.400. The first-order valence-electron chi connectivity index (χ1n) is 9.05. The van der Waals surface area contributed by atoms with Crippen LogP contribution in [0, 0.1) is 0 Å². The number of carbonyl (C=O) groups excluding carboxylic acids is 1. The molecular weight excluding hydrogens is 312 g/mol. The molecule has 130 valence electrons. The van der Waals surface area contributed by atoms with Crippen LogP contribution < -0.4 is 9.80 Å². The van der Waals surface area contributed by atoms with E-state index in [9.17, 15) is 4.79 Å². The molecule has 1 aromatic carbocycles. The molecule has 4 rings (SSSR count). The van der Waals surface area contributed by atoms with Gasteiger partial charge in [0.15, 0.2) is 0 Å². The van der Waals surface area contributed by atoms with E-state index in [0.29, 0.717) is 6.54 Å². The zero-order chi connectivity index (χ0) is 17.2. The Morgan fingerprint density at radius 1 is 1.20 bits per heavy atom. The van der Waals surface area contributed by atoms with Crippen LogP contribution in [0.1, 0.15) is 6.92 Å². The Kier molecular flexibility index (Phi) is 4.40. The van der Waals surface area contributed by atoms with Crippen LogP contribution in [0.5, 0.6) is 0 Å². The minimum atomic E-state index is -0.189. The number of nitrogens with one attached hydrogen (secondary N) is 1. The average molecular weight is 337 g/mol. The van der Waals surface area contributed by atoms with E-state index in [1.54, 1.807) is 0 Å². The number of hydrogen-bond donors (Lipinski definition) is 1. The molecule has 0 radical (unpaired) electrons. The van der Waals surface area contributed by atoms with Crippen LogP contribution in [0.15, 0.2) is 59.8 Å². The summed E-state index contributed by atoms with van der Waals surface area (Å²) in [5.74, 6) is 0.284. The molecule has 3 aliphatic rings. The second-order valence-corrected chi connectivity index (χ2v) is 6.98. The van der Waals surface area contributed by atoms with E-state index in [-0.39, 0.29) is 18.0 Å². The molecule has 0 aliphatic carbocycles. The molecule has 0 saturated carbocycles. The highest BCUT2D eigenvalue weighted by Crippen LogP contribution is 2.22. The zero-order valence-corrected chi connectivity index (χ0v) is 14.6. The number of anilines is 1. The van der Waals surface area contributed by atoms with Gasteiger partial charge in [-0.1, -0.05) is 24.3 Å². The van der Waals surface area contributed by atoms with Crippen LogP contribution in [-0.2, 0) is 4.79 Å². The first kappa shape index (κ1) is 16.1. The molecule has 2 atom stereocenters. The van der Waals surface area contributed by atoms with Crippen molar-refractivity contribution in [2.24, 2.45) is 4.99 Å². The summed E-state index contributed by atoms with van der Waals surface area (Å²) < 4.78 is 0. The maximum atomic E-state index is 12.9. The van der Waals surface area contributed by atoms with Gasteiger partial charge in [-0.05, 0) is 31.2 Å². The predicted octanol–water partition coefficient (Wildman–Crippen LogP) is 0.515. The first-order valence-corrected chi connectivity index (χ1v) is 9.05. The fourth-order valence-electron chi connectivity index (χ4n) is 3.98. The molecule has 0 aromatic heterocycles. The minimum absolute atomic E-state index is 0.00359. The normalized spacial score (nSPS) is 25.9. The van der Waals surface area contributed by atoms with Crippen molar-refractivity contribution in [2.45, 2.75) is 19.1 Å². The molecule has 1 aromatic rings. The third-order valence-electron chi connectivity index (χ3n) is 5.31. The van der Waals surface area contributed by atoms with E-state index in [2.05, 4.69) is 39.1 Å². The summed E-state index contributed by atoms with van der Waals surface area (Å²) in [6.07, 6.45) is 8.02. The van der Waals surface area contributed by atoms with E-state index < -0.39 is 0 Å². The number of nitrogens with zero attached hydrogens (tertiary/aromatic N) is 3. The van der Waals surface area contributed by atoms with E-state index in [1.165, 1.54) is 10.6 Å². The highest BCUT2D eigenvalue weighted by molar-refractivity contribution is 6.09. The van der Waals surface area contributed by atoms with Crippen molar-refractivity contribution in [1.29, 1.82) is 0 Å². The van der Waals surface area contributed by atoms with Crippen molar-refractivity contribution in [2.75, 3.05) is 37.6 Å². The van der Waals surface area contributed by atoms with Crippen molar-refractivity contribution in [3.05, 3.63) is 54.8 Å². The Balaban J connectivity index is 1.34. The number of para-hydroxylation sites is 1. The van der Waals surface area contributed by atoms with Crippen molar-refractivity contribution in [3.63, 3.8) is 0 Å². The second kappa shape index (κ2) is 6.84. The predicted molar refractivity (Wildman–Crippen MR) is 100 cm³/mol. The summed E-state index contributed by atoms with van der Waals surface area (Å²) in [7, 11) is 0. The molecule has 1 fully saturated rings. The summed E-state index contributed by atoms with van der Waals surface area (Å²) in [6.45, 7) is 6.57. The molecule has 0 spiro atoms. The van der Waals surface area contributed by atoms with Gasteiger partial charge in [-0.15, -0.1) is 0 Å². The second-order valence-electron chi connectivity index (χ2n) is 6.98. The number of fused-ring (bicyclic) bond motifs is 1. The lowest BCUT2D eigenvalue weighted by Crippen LogP contribution is -3.15. The number of Topliss-reactive ketones (excluding diaryl/α,β-unsaturated/α-hetero) is 1. The molecule has 1 saturated heterocycles. The number of quaternary nitrogens is 1. The van der Waals surface area contributed by atoms with Gasteiger partial charge < -0.3 is 14.7 Å². The summed E-state index contributed by atoms with van der Waals surface area (Å²) in [5, 5.41) is 0. The Morgan fingerprint density at radius 2 is 1.96 bits per heavy atom. The van der Waals surface area contributed by atoms with Crippen molar-refractivity contribution >= 4 is 17.2 Å². The van der Waals surface area contributed by atoms with Crippen molar-refractivity contribution < 1.29 is 9.69 Å². The van der Waals surface area contributed by atoms with Crippen LogP contribution in [0.4, 0.5) is 5.69 Å². The van der Waals surface area contributed by atoms with Crippen LogP contribution in [0.25, 0.3) is 0 Å². The maximum Gasteiger partial charge on any atom is 0.214 e. The third kappa shape index (κ3) is 3.24. The molecule has 5 nitrogen and oxygen atoms in total. The van der Waals surface area contributed by atoms with Gasteiger partial charge in [0.2, 0.25) is 5.78 Å². The number of allylic oxidation sites excluding steroid dienone is 2. The average Bonchev–Trinajstić information content (AvgIpc) is 2.99. The van der Waals surface area contributed by atoms with E-state index in [4.69, 9.17) is 0 Å². The number of aliphatic imine (C=N–C) groups is 1. The van der Waals surface area contributed by atoms with Gasteiger partial charge in [0.25, 0.3) is 0 Å². The van der Waals surface area contributed by atoms with E-state index in [0.717, 1.165) is 31.9 Å². The summed E-state index contributed by atoms with van der Waals surface area (Å²) in [4.78, 5) is 23.4. The molecule has 0 amide bonds. The molecule has 25 heavy (non-hydrogen) atoms. The number of ketones is 1. The lowest BCUT2D eigenvalue weighted by molar-refractivity contribution is -0.892. The molecule has 1 N–H and O–H groups in total. The Labute approximate surface area is 148 Å². The van der Waals surface area contributed by atoms with E-state index in [1.807, 2.05) is 37.4 Å². The van der Waals surface area contributed by atoms with Gasteiger partial charge in [-0.2, -0.15) is 0 Å². The number of carbonyl (C=O) groups is 1. The van der Waals surface area contributed by atoms with Crippen LogP contribution in [0.3, 0.4) is 0 Å². The van der Waals surface area contributed by atoms with Crippen molar-refractivity contribution in [1.82, 2.24) is 4.90 Å². The van der Waals surface area contributed by atoms with Crippen LogP contribution in [0.2, 0.25) is 0 Å². The third-order valence-corrected chi connectivity index (χ3v) is 5.31.